The SMILES string of the molecule is COC(=O)C1=C[C@H](OC(C)=O)[C@H](OC(C)=O)[C@H](CNC(=O)C(F)(F)F)C1. The number of alkyl halides is 3. The number of carbonyl (C=O) groups excluding carboxylic acids is 4. The van der Waals surface area contributed by atoms with Crippen LogP contribution in [0.1, 0.15) is 20.3 Å². The lowest BCUT2D eigenvalue weighted by molar-refractivity contribution is -0.175. The highest BCUT2D eigenvalue weighted by Gasteiger charge is 2.42. The average Bonchev–Trinajstić information content (AvgIpc) is 2.51. The van der Waals surface area contributed by atoms with E-state index in [1.807, 2.05) is 0 Å². The number of nitrogens with one attached hydrogen (secondary N) is 1. The molecule has 26 heavy (non-hydrogen) atoms. The van der Waals surface area contributed by atoms with E-state index in [1.165, 1.54) is 6.08 Å². The van der Waals surface area contributed by atoms with Crippen molar-refractivity contribution in [3.05, 3.63) is 11.6 Å². The Bertz CT molecular complexity index is 615. The summed E-state index contributed by atoms with van der Waals surface area (Å²) in [6, 6.07) is 0. The van der Waals surface area contributed by atoms with Crippen LogP contribution >= 0.6 is 0 Å². The van der Waals surface area contributed by atoms with Gasteiger partial charge in [0.15, 0.2) is 6.10 Å². The van der Waals surface area contributed by atoms with E-state index in [1.54, 1.807) is 5.32 Å². The minimum atomic E-state index is -5.10. The van der Waals surface area contributed by atoms with E-state index < -0.39 is 54.7 Å². The van der Waals surface area contributed by atoms with E-state index in [-0.39, 0.29) is 12.0 Å². The second-order valence-electron chi connectivity index (χ2n) is 5.50. The molecule has 1 rings (SSSR count). The minimum Gasteiger partial charge on any atom is -0.466 e. The number of halogens is 3. The zero-order valence-corrected chi connectivity index (χ0v) is 14.2. The van der Waals surface area contributed by atoms with E-state index in [0.29, 0.717) is 0 Å². The Morgan fingerprint density at radius 2 is 1.73 bits per heavy atom. The fraction of sp³-hybridized carbons (Fsp3) is 0.600. The molecule has 1 amide bonds. The van der Waals surface area contributed by atoms with Crippen molar-refractivity contribution in [1.82, 2.24) is 5.32 Å². The highest BCUT2D eigenvalue weighted by atomic mass is 19.4. The van der Waals surface area contributed by atoms with E-state index in [4.69, 9.17) is 9.47 Å². The molecule has 3 atom stereocenters. The molecule has 0 aromatic heterocycles. The Morgan fingerprint density at radius 1 is 1.15 bits per heavy atom. The number of rotatable bonds is 5. The van der Waals surface area contributed by atoms with Gasteiger partial charge in [0.1, 0.15) is 6.10 Å². The number of hydrogen-bond donors (Lipinski definition) is 1. The number of hydrogen-bond acceptors (Lipinski definition) is 7. The maximum Gasteiger partial charge on any atom is 0.471 e. The first-order chi connectivity index (χ1) is 12.0. The third-order valence-electron chi connectivity index (χ3n) is 3.47. The third-order valence-corrected chi connectivity index (χ3v) is 3.47. The first-order valence-corrected chi connectivity index (χ1v) is 7.44. The van der Waals surface area contributed by atoms with Crippen LogP contribution in [0, 0.1) is 5.92 Å². The largest absolute Gasteiger partial charge is 0.471 e. The summed E-state index contributed by atoms with van der Waals surface area (Å²) in [7, 11) is 1.10. The van der Waals surface area contributed by atoms with Gasteiger partial charge in [-0.05, 0) is 12.5 Å². The average molecular weight is 381 g/mol. The van der Waals surface area contributed by atoms with Gasteiger partial charge in [-0.2, -0.15) is 13.2 Å². The lowest BCUT2D eigenvalue weighted by Crippen LogP contribution is -2.48. The molecular formula is C15H18F3NO7. The summed E-state index contributed by atoms with van der Waals surface area (Å²) in [4.78, 5) is 45.4. The Balaban J connectivity index is 3.10. The number of methoxy groups -OCH3 is 1. The van der Waals surface area contributed by atoms with Crippen LogP contribution in [-0.4, -0.2) is 55.9 Å². The van der Waals surface area contributed by atoms with Crippen molar-refractivity contribution >= 4 is 23.8 Å². The summed E-state index contributed by atoms with van der Waals surface area (Å²) in [6.07, 6.45) is -6.43. The van der Waals surface area contributed by atoms with Crippen LogP contribution in [0.5, 0.6) is 0 Å². The lowest BCUT2D eigenvalue weighted by Gasteiger charge is -2.35. The molecule has 0 unspecified atom stereocenters. The van der Waals surface area contributed by atoms with Gasteiger partial charge < -0.3 is 19.5 Å². The van der Waals surface area contributed by atoms with Gasteiger partial charge in [-0.25, -0.2) is 4.79 Å². The van der Waals surface area contributed by atoms with Gasteiger partial charge >= 0.3 is 30.0 Å². The summed E-state index contributed by atoms with van der Waals surface area (Å²) in [5, 5.41) is 1.67. The van der Waals surface area contributed by atoms with Gasteiger partial charge in [-0.1, -0.05) is 0 Å². The summed E-state index contributed by atoms with van der Waals surface area (Å²) in [6.45, 7) is 1.57. The Hall–Kier alpha value is -2.59. The number of ether oxygens (including phenoxy) is 3. The monoisotopic (exact) mass is 381 g/mol. The van der Waals surface area contributed by atoms with Gasteiger partial charge in [0.25, 0.3) is 0 Å². The molecule has 146 valence electrons. The van der Waals surface area contributed by atoms with E-state index in [0.717, 1.165) is 21.0 Å². The van der Waals surface area contributed by atoms with Crippen molar-refractivity contribution in [1.29, 1.82) is 0 Å². The van der Waals surface area contributed by atoms with Crippen molar-refractivity contribution in [3.8, 4) is 0 Å². The van der Waals surface area contributed by atoms with Gasteiger partial charge in [0.05, 0.1) is 7.11 Å². The lowest BCUT2D eigenvalue weighted by atomic mass is 9.84. The van der Waals surface area contributed by atoms with Crippen molar-refractivity contribution < 1.29 is 46.6 Å². The molecular weight excluding hydrogens is 363 g/mol. The third kappa shape index (κ3) is 6.05. The summed E-state index contributed by atoms with van der Waals surface area (Å²) < 4.78 is 51.7. The molecule has 1 aliphatic rings. The van der Waals surface area contributed by atoms with E-state index in [9.17, 15) is 32.3 Å². The predicted octanol–water partition coefficient (Wildman–Crippen LogP) is 0.648. The first kappa shape index (κ1) is 21.5. The molecule has 0 saturated carbocycles. The summed E-state index contributed by atoms with van der Waals surface area (Å²) >= 11 is 0. The number of esters is 3. The standard InChI is InChI=1S/C15H18F3NO7/c1-7(20)25-11-5-9(13(22)24-3)4-10(12(11)26-8(2)21)6-19-14(23)15(16,17)18/h5,10-12H,4,6H2,1-3H3,(H,19,23)/t10-,11-,12+/m0/s1. The first-order valence-electron chi connectivity index (χ1n) is 7.44. The van der Waals surface area contributed by atoms with Crippen LogP contribution < -0.4 is 5.32 Å². The smallest absolute Gasteiger partial charge is 0.466 e. The Kier molecular flexibility index (Phi) is 7.16. The zero-order valence-electron chi connectivity index (χ0n) is 14.2. The molecule has 0 aromatic rings. The molecule has 11 heteroatoms. The Morgan fingerprint density at radius 3 is 2.19 bits per heavy atom. The molecule has 0 bridgehead atoms. The molecule has 0 saturated heterocycles. The quantitative estimate of drug-likeness (QED) is 0.550. The molecule has 8 nitrogen and oxygen atoms in total. The maximum absolute atomic E-state index is 12.4. The van der Waals surface area contributed by atoms with E-state index >= 15 is 0 Å². The number of amides is 1. The van der Waals surface area contributed by atoms with Gasteiger partial charge in [0.2, 0.25) is 0 Å². The van der Waals surface area contributed by atoms with Crippen molar-refractivity contribution in [3.63, 3.8) is 0 Å². The van der Waals surface area contributed by atoms with Gasteiger partial charge in [-0.15, -0.1) is 0 Å². The maximum atomic E-state index is 12.4. The van der Waals surface area contributed by atoms with Crippen LogP contribution in [0.4, 0.5) is 13.2 Å². The van der Waals surface area contributed by atoms with Crippen LogP contribution in [0.25, 0.3) is 0 Å². The van der Waals surface area contributed by atoms with E-state index in [2.05, 4.69) is 4.74 Å². The molecule has 1 aliphatic carbocycles. The van der Waals surface area contributed by atoms with Gasteiger partial charge in [-0.3, -0.25) is 14.4 Å². The minimum absolute atomic E-state index is 0.0217. The topological polar surface area (TPSA) is 108 Å². The highest BCUT2D eigenvalue weighted by Crippen LogP contribution is 2.30. The summed E-state index contributed by atoms with van der Waals surface area (Å²) in [5.41, 5.74) is 0.0217. The van der Waals surface area contributed by atoms with Crippen molar-refractivity contribution in [2.75, 3.05) is 13.7 Å². The van der Waals surface area contributed by atoms with Crippen molar-refractivity contribution in [2.45, 2.75) is 38.7 Å². The zero-order chi connectivity index (χ0) is 20.1. The fourth-order valence-corrected chi connectivity index (χ4v) is 2.47. The second kappa shape index (κ2) is 8.68. The van der Waals surface area contributed by atoms with Gasteiger partial charge in [0, 0.05) is 31.9 Å². The molecule has 0 radical (unpaired) electrons. The molecule has 0 fully saturated rings. The van der Waals surface area contributed by atoms with Crippen LogP contribution in [0.2, 0.25) is 0 Å². The van der Waals surface area contributed by atoms with Crippen LogP contribution in [-0.2, 0) is 33.4 Å². The molecule has 0 heterocycles. The second-order valence-corrected chi connectivity index (χ2v) is 5.50. The highest BCUT2D eigenvalue weighted by molar-refractivity contribution is 5.89. The van der Waals surface area contributed by atoms with Crippen LogP contribution in [0.15, 0.2) is 11.6 Å². The fourth-order valence-electron chi connectivity index (χ4n) is 2.47. The normalized spacial score (nSPS) is 22.7. The molecule has 0 spiro atoms. The Labute approximate surface area is 146 Å². The molecule has 0 aromatic carbocycles. The van der Waals surface area contributed by atoms with Crippen LogP contribution in [0.3, 0.4) is 0 Å². The molecule has 1 N–H and O–H groups in total. The summed E-state index contributed by atoms with van der Waals surface area (Å²) in [5.74, 6) is -5.44. The molecule has 0 aliphatic heterocycles. The van der Waals surface area contributed by atoms with Crippen molar-refractivity contribution in [2.24, 2.45) is 5.92 Å². The number of carbonyl (C=O) groups is 4. The predicted molar refractivity (Wildman–Crippen MR) is 78.4 cm³/mol.